The van der Waals surface area contributed by atoms with Crippen LogP contribution in [0.2, 0.25) is 0 Å². The Morgan fingerprint density at radius 2 is 2.21 bits per heavy atom. The fourth-order valence-corrected chi connectivity index (χ4v) is 2.51. The highest BCUT2D eigenvalue weighted by Gasteiger charge is 2.43. The molecule has 0 saturated carbocycles. The first-order chi connectivity index (χ1) is 9.02. The number of aromatic nitrogens is 1. The molecule has 2 rings (SSSR count). The van der Waals surface area contributed by atoms with Crippen LogP contribution in [0, 0.1) is 5.92 Å². The van der Waals surface area contributed by atoms with Crippen molar-refractivity contribution in [2.45, 2.75) is 45.1 Å². The van der Waals surface area contributed by atoms with Crippen molar-refractivity contribution in [3.8, 4) is 0 Å². The lowest BCUT2D eigenvalue weighted by Gasteiger charge is -2.39. The number of nitrogens with zero attached hydrogens (tertiary/aromatic N) is 1. The van der Waals surface area contributed by atoms with Gasteiger partial charge in [0.1, 0.15) is 17.8 Å². The number of Topliss-reactive ketones (excluding diaryl/α,β-unsaturated/α-hetero) is 1. The van der Waals surface area contributed by atoms with Gasteiger partial charge in [0.05, 0.1) is 0 Å². The number of rotatable bonds is 4. The molecule has 102 valence electrons. The Kier molecular flexibility index (Phi) is 3.98. The van der Waals surface area contributed by atoms with Gasteiger partial charge < -0.3 is 4.74 Å². The standard InChI is InChI=1S/C15H19NO3/c1-11(2)15(9-13(17)8-14(18)19-15)6-5-12-4-3-7-16-10-12/h3-4,7,10-11H,5-6,8-9H2,1-2H3. The van der Waals surface area contributed by atoms with Gasteiger partial charge in [0.25, 0.3) is 0 Å². The number of esters is 1. The molecule has 1 aliphatic rings. The van der Waals surface area contributed by atoms with E-state index in [9.17, 15) is 9.59 Å². The molecule has 0 N–H and O–H groups in total. The largest absolute Gasteiger partial charge is 0.458 e. The first-order valence-corrected chi connectivity index (χ1v) is 6.64. The van der Waals surface area contributed by atoms with Crippen molar-refractivity contribution in [2.24, 2.45) is 5.92 Å². The number of hydrogen-bond acceptors (Lipinski definition) is 4. The smallest absolute Gasteiger partial charge is 0.313 e. The molecule has 0 aliphatic carbocycles. The zero-order valence-electron chi connectivity index (χ0n) is 11.4. The van der Waals surface area contributed by atoms with E-state index in [2.05, 4.69) is 4.98 Å². The first-order valence-electron chi connectivity index (χ1n) is 6.64. The van der Waals surface area contributed by atoms with Crippen molar-refractivity contribution in [2.75, 3.05) is 0 Å². The van der Waals surface area contributed by atoms with E-state index in [1.165, 1.54) is 0 Å². The third kappa shape index (κ3) is 3.19. The van der Waals surface area contributed by atoms with Gasteiger partial charge in [-0.3, -0.25) is 14.6 Å². The summed E-state index contributed by atoms with van der Waals surface area (Å²) in [7, 11) is 0. The number of ketones is 1. The first kappa shape index (κ1) is 13.7. The number of hydrogen-bond donors (Lipinski definition) is 0. The van der Waals surface area contributed by atoms with Crippen molar-refractivity contribution >= 4 is 11.8 Å². The van der Waals surface area contributed by atoms with Crippen LogP contribution >= 0.6 is 0 Å². The topological polar surface area (TPSA) is 56.3 Å². The Morgan fingerprint density at radius 3 is 2.79 bits per heavy atom. The van der Waals surface area contributed by atoms with Crippen LogP contribution in [0.15, 0.2) is 24.5 Å². The third-order valence-electron chi connectivity index (χ3n) is 3.77. The Bertz CT molecular complexity index is 452. The molecule has 1 aromatic heterocycles. The molecule has 2 heterocycles. The zero-order chi connectivity index (χ0) is 13.9. The van der Waals surface area contributed by atoms with E-state index in [1.54, 1.807) is 12.4 Å². The predicted octanol–water partition coefficient (Wildman–Crippen LogP) is 2.32. The summed E-state index contributed by atoms with van der Waals surface area (Å²) in [4.78, 5) is 27.3. The second-order valence-corrected chi connectivity index (χ2v) is 5.45. The molecule has 19 heavy (non-hydrogen) atoms. The van der Waals surface area contributed by atoms with Crippen molar-refractivity contribution < 1.29 is 14.3 Å². The van der Waals surface area contributed by atoms with Crippen LogP contribution in [0.5, 0.6) is 0 Å². The minimum absolute atomic E-state index is 0.0175. The number of carbonyl (C=O) groups is 2. The van der Waals surface area contributed by atoms with Crippen LogP contribution in [0.1, 0.15) is 38.7 Å². The highest BCUT2D eigenvalue weighted by molar-refractivity contribution is 5.98. The van der Waals surface area contributed by atoms with E-state index >= 15 is 0 Å². The van der Waals surface area contributed by atoms with Gasteiger partial charge >= 0.3 is 5.97 Å². The highest BCUT2D eigenvalue weighted by Crippen LogP contribution is 2.35. The van der Waals surface area contributed by atoms with Gasteiger partial charge in [-0.25, -0.2) is 0 Å². The summed E-state index contributed by atoms with van der Waals surface area (Å²) in [6, 6.07) is 3.88. The summed E-state index contributed by atoms with van der Waals surface area (Å²) in [5, 5.41) is 0. The van der Waals surface area contributed by atoms with Crippen LogP contribution < -0.4 is 0 Å². The molecule has 1 atom stereocenters. The maximum Gasteiger partial charge on any atom is 0.313 e. The molecule has 1 aromatic rings. The second-order valence-electron chi connectivity index (χ2n) is 5.45. The third-order valence-corrected chi connectivity index (χ3v) is 3.77. The minimum Gasteiger partial charge on any atom is -0.458 e. The van der Waals surface area contributed by atoms with E-state index < -0.39 is 11.6 Å². The molecular weight excluding hydrogens is 242 g/mol. The van der Waals surface area contributed by atoms with Crippen molar-refractivity contribution in [3.63, 3.8) is 0 Å². The van der Waals surface area contributed by atoms with Crippen LogP contribution in [-0.4, -0.2) is 22.3 Å². The fourth-order valence-electron chi connectivity index (χ4n) is 2.51. The quantitative estimate of drug-likeness (QED) is 0.616. The molecule has 1 aliphatic heterocycles. The van der Waals surface area contributed by atoms with Crippen molar-refractivity contribution in [1.82, 2.24) is 4.98 Å². The number of carbonyl (C=O) groups excluding carboxylic acids is 2. The van der Waals surface area contributed by atoms with Crippen molar-refractivity contribution in [3.05, 3.63) is 30.1 Å². The lowest BCUT2D eigenvalue weighted by atomic mass is 9.79. The predicted molar refractivity (Wildman–Crippen MR) is 70.5 cm³/mol. The van der Waals surface area contributed by atoms with E-state index in [1.807, 2.05) is 26.0 Å². The Morgan fingerprint density at radius 1 is 1.42 bits per heavy atom. The van der Waals surface area contributed by atoms with E-state index in [-0.39, 0.29) is 18.1 Å². The maximum absolute atomic E-state index is 11.7. The van der Waals surface area contributed by atoms with Gasteiger partial charge in [-0.15, -0.1) is 0 Å². The SMILES string of the molecule is CC(C)C1(CCc2cccnc2)CC(=O)CC(=O)O1. The summed E-state index contributed by atoms with van der Waals surface area (Å²) >= 11 is 0. The van der Waals surface area contributed by atoms with E-state index in [0.29, 0.717) is 12.8 Å². The Hall–Kier alpha value is -1.71. The Balaban J connectivity index is 2.11. The van der Waals surface area contributed by atoms with Gasteiger partial charge in [-0.05, 0) is 30.4 Å². The van der Waals surface area contributed by atoms with Crippen LogP contribution in [0.25, 0.3) is 0 Å². The van der Waals surface area contributed by atoms with Gasteiger partial charge in [-0.1, -0.05) is 19.9 Å². The molecular formula is C15H19NO3. The van der Waals surface area contributed by atoms with E-state index in [0.717, 1.165) is 12.0 Å². The molecule has 1 fully saturated rings. The van der Waals surface area contributed by atoms with Gasteiger partial charge in [0.2, 0.25) is 0 Å². The summed E-state index contributed by atoms with van der Waals surface area (Å²) in [6.07, 6.45) is 5.20. The Labute approximate surface area is 113 Å². The molecule has 1 unspecified atom stereocenters. The molecule has 4 nitrogen and oxygen atoms in total. The van der Waals surface area contributed by atoms with Gasteiger partial charge in [-0.2, -0.15) is 0 Å². The molecule has 0 amide bonds. The highest BCUT2D eigenvalue weighted by atomic mass is 16.6. The minimum atomic E-state index is -0.651. The molecule has 0 radical (unpaired) electrons. The maximum atomic E-state index is 11.7. The summed E-state index contributed by atoms with van der Waals surface area (Å²) in [6.45, 7) is 3.99. The number of aryl methyl sites for hydroxylation is 1. The van der Waals surface area contributed by atoms with Crippen LogP contribution in [-0.2, 0) is 20.7 Å². The summed E-state index contributed by atoms with van der Waals surface area (Å²) in [5.41, 5.74) is 0.444. The average molecular weight is 261 g/mol. The normalized spacial score (nSPS) is 23.5. The molecule has 4 heteroatoms. The summed E-state index contributed by atoms with van der Waals surface area (Å²) in [5.74, 6) is -0.287. The zero-order valence-corrected chi connectivity index (χ0v) is 11.4. The van der Waals surface area contributed by atoms with Crippen molar-refractivity contribution in [1.29, 1.82) is 0 Å². The molecule has 0 spiro atoms. The number of ether oxygens (including phenoxy) is 1. The fraction of sp³-hybridized carbons (Fsp3) is 0.533. The molecule has 0 aromatic carbocycles. The lowest BCUT2D eigenvalue weighted by Crippen LogP contribution is -2.47. The monoisotopic (exact) mass is 261 g/mol. The molecule has 0 bridgehead atoms. The van der Waals surface area contributed by atoms with E-state index in [4.69, 9.17) is 4.74 Å². The second kappa shape index (κ2) is 5.51. The number of cyclic esters (lactones) is 1. The summed E-state index contributed by atoms with van der Waals surface area (Å²) < 4.78 is 5.55. The van der Waals surface area contributed by atoms with Gasteiger partial charge in [0, 0.05) is 18.8 Å². The number of pyridine rings is 1. The molecule has 1 saturated heterocycles. The van der Waals surface area contributed by atoms with Crippen LogP contribution in [0.4, 0.5) is 0 Å². The lowest BCUT2D eigenvalue weighted by molar-refractivity contribution is -0.177. The van der Waals surface area contributed by atoms with Crippen LogP contribution in [0.3, 0.4) is 0 Å². The van der Waals surface area contributed by atoms with Gasteiger partial charge in [0.15, 0.2) is 0 Å². The average Bonchev–Trinajstić information content (AvgIpc) is 2.36.